The minimum Gasteiger partial charge on any atom is -0.464 e. The van der Waals surface area contributed by atoms with Crippen molar-refractivity contribution < 1.29 is 14.5 Å². The lowest BCUT2D eigenvalue weighted by Gasteiger charge is -2.00. The van der Waals surface area contributed by atoms with Crippen molar-refractivity contribution in [1.82, 2.24) is 9.97 Å². The van der Waals surface area contributed by atoms with Crippen LogP contribution in [-0.2, 0) is 4.74 Å². The van der Waals surface area contributed by atoms with Gasteiger partial charge in [0, 0.05) is 23.7 Å². The van der Waals surface area contributed by atoms with Gasteiger partial charge in [-0.05, 0) is 35.7 Å². The molecule has 3 aromatic rings. The van der Waals surface area contributed by atoms with Crippen LogP contribution in [0.15, 0.2) is 36.5 Å². The minimum atomic E-state index is -0.456. The number of aryl methyl sites for hydroxylation is 1. The number of carbonyl (C=O) groups is 1. The number of esters is 1. The number of nitrogens with zero attached hydrogens (tertiary/aromatic N) is 2. The monoisotopic (exact) mass is 337 g/mol. The van der Waals surface area contributed by atoms with Gasteiger partial charge in [-0.15, -0.1) is 0 Å². The Morgan fingerprint density at radius 1 is 1.28 bits per heavy atom. The first kappa shape index (κ1) is 16.4. The second kappa shape index (κ2) is 6.56. The van der Waals surface area contributed by atoms with Crippen LogP contribution in [0.3, 0.4) is 0 Å². The minimum absolute atomic E-state index is 0.0483. The Morgan fingerprint density at radius 3 is 2.80 bits per heavy atom. The van der Waals surface area contributed by atoms with Crippen molar-refractivity contribution >= 4 is 34.8 Å². The highest BCUT2D eigenvalue weighted by molar-refractivity contribution is 5.94. The summed E-state index contributed by atoms with van der Waals surface area (Å²) in [5.74, 6) is -0.456. The van der Waals surface area contributed by atoms with Gasteiger partial charge in [0.05, 0.1) is 12.0 Å². The predicted molar refractivity (Wildman–Crippen MR) is 94.2 cm³/mol. The first-order chi connectivity index (χ1) is 12.0. The summed E-state index contributed by atoms with van der Waals surface area (Å²) in [6, 6.07) is 8.27. The number of aromatic nitrogens is 2. The molecule has 0 atom stereocenters. The Kier molecular flexibility index (Phi) is 4.30. The maximum atomic E-state index is 11.6. The molecule has 7 nitrogen and oxygen atoms in total. The number of pyridine rings is 1. The molecule has 126 valence electrons. The van der Waals surface area contributed by atoms with Gasteiger partial charge >= 0.3 is 5.97 Å². The van der Waals surface area contributed by atoms with Crippen LogP contribution in [0.1, 0.15) is 27.2 Å². The Balaban J connectivity index is 1.92. The summed E-state index contributed by atoms with van der Waals surface area (Å²) in [6.45, 7) is 1.89. The molecule has 3 rings (SSSR count). The Hall–Kier alpha value is -3.48. The van der Waals surface area contributed by atoms with Gasteiger partial charge in [-0.1, -0.05) is 18.2 Å². The van der Waals surface area contributed by atoms with Gasteiger partial charge in [0.15, 0.2) is 0 Å². The van der Waals surface area contributed by atoms with Gasteiger partial charge in [-0.3, -0.25) is 10.1 Å². The fourth-order valence-electron chi connectivity index (χ4n) is 2.45. The number of hydrogen-bond acceptors (Lipinski definition) is 5. The van der Waals surface area contributed by atoms with Crippen LogP contribution >= 0.6 is 0 Å². The zero-order chi connectivity index (χ0) is 18.0. The first-order valence-electron chi connectivity index (χ1n) is 7.48. The van der Waals surface area contributed by atoms with E-state index in [2.05, 4.69) is 14.7 Å². The van der Waals surface area contributed by atoms with Crippen LogP contribution in [-0.4, -0.2) is 28.0 Å². The number of nitrogens with one attached hydrogen (secondary N) is 1. The van der Waals surface area contributed by atoms with Crippen LogP contribution in [0, 0.1) is 17.0 Å². The number of rotatable bonds is 4. The maximum absolute atomic E-state index is 11.6. The van der Waals surface area contributed by atoms with Gasteiger partial charge in [-0.2, -0.15) is 0 Å². The van der Waals surface area contributed by atoms with Crippen LogP contribution in [0.25, 0.3) is 23.2 Å². The molecule has 0 aliphatic carbocycles. The summed E-state index contributed by atoms with van der Waals surface area (Å²) in [6.07, 6.45) is 5.28. The molecular weight excluding hydrogens is 322 g/mol. The third-order valence-electron chi connectivity index (χ3n) is 3.83. The van der Waals surface area contributed by atoms with Crippen molar-refractivity contribution in [1.29, 1.82) is 0 Å². The zero-order valence-electron chi connectivity index (χ0n) is 13.6. The summed E-state index contributed by atoms with van der Waals surface area (Å²) in [5.41, 5.74) is 3.48. The number of methoxy groups -OCH3 is 1. The molecule has 0 fully saturated rings. The maximum Gasteiger partial charge on any atom is 0.354 e. The van der Waals surface area contributed by atoms with Crippen molar-refractivity contribution in [3.63, 3.8) is 0 Å². The SMILES string of the molecule is COC(=O)c1cc2cc(/C=C/c3cc([N+](=O)[O-])ccc3C)cnc2[nH]1. The third kappa shape index (κ3) is 3.40. The highest BCUT2D eigenvalue weighted by Crippen LogP contribution is 2.21. The first-order valence-corrected chi connectivity index (χ1v) is 7.48. The number of nitro groups is 1. The van der Waals surface area contributed by atoms with Crippen molar-refractivity contribution in [2.45, 2.75) is 6.92 Å². The van der Waals surface area contributed by atoms with E-state index >= 15 is 0 Å². The quantitative estimate of drug-likeness (QED) is 0.444. The van der Waals surface area contributed by atoms with Gasteiger partial charge < -0.3 is 9.72 Å². The topological polar surface area (TPSA) is 98.1 Å². The van der Waals surface area contributed by atoms with E-state index in [0.717, 1.165) is 22.1 Å². The number of ether oxygens (including phenoxy) is 1. The van der Waals surface area contributed by atoms with E-state index < -0.39 is 10.9 Å². The van der Waals surface area contributed by atoms with Crippen LogP contribution in [0.2, 0.25) is 0 Å². The van der Waals surface area contributed by atoms with Gasteiger partial charge in [0.2, 0.25) is 0 Å². The lowest BCUT2D eigenvalue weighted by Crippen LogP contribution is -2.00. The van der Waals surface area contributed by atoms with Crippen molar-refractivity contribution in [2.24, 2.45) is 0 Å². The highest BCUT2D eigenvalue weighted by Gasteiger charge is 2.10. The lowest BCUT2D eigenvalue weighted by atomic mass is 10.1. The fourth-order valence-corrected chi connectivity index (χ4v) is 2.45. The van der Waals surface area contributed by atoms with E-state index in [1.165, 1.54) is 19.2 Å². The summed E-state index contributed by atoms with van der Waals surface area (Å²) < 4.78 is 4.68. The number of hydrogen-bond donors (Lipinski definition) is 1. The molecule has 0 amide bonds. The number of aromatic amines is 1. The Morgan fingerprint density at radius 2 is 2.08 bits per heavy atom. The Bertz CT molecular complexity index is 1000. The average molecular weight is 337 g/mol. The smallest absolute Gasteiger partial charge is 0.354 e. The number of carbonyl (C=O) groups excluding carboxylic acids is 1. The van der Waals surface area contributed by atoms with Crippen LogP contribution in [0.5, 0.6) is 0 Å². The molecule has 0 spiro atoms. The molecule has 0 unspecified atom stereocenters. The average Bonchev–Trinajstić information content (AvgIpc) is 3.03. The molecular formula is C18H15N3O4. The zero-order valence-corrected chi connectivity index (χ0v) is 13.6. The van der Waals surface area contributed by atoms with E-state index in [1.54, 1.807) is 24.4 Å². The fraction of sp³-hybridized carbons (Fsp3) is 0.111. The van der Waals surface area contributed by atoms with Crippen molar-refractivity contribution in [2.75, 3.05) is 7.11 Å². The molecule has 1 aromatic carbocycles. The van der Waals surface area contributed by atoms with E-state index in [-0.39, 0.29) is 5.69 Å². The molecule has 0 aliphatic heterocycles. The molecule has 0 saturated heterocycles. The molecule has 0 radical (unpaired) electrons. The second-order valence-corrected chi connectivity index (χ2v) is 5.51. The third-order valence-corrected chi connectivity index (χ3v) is 3.83. The molecule has 2 heterocycles. The molecule has 25 heavy (non-hydrogen) atoms. The van der Waals surface area contributed by atoms with Crippen molar-refractivity contribution in [3.05, 3.63) is 69.0 Å². The van der Waals surface area contributed by atoms with E-state index in [9.17, 15) is 14.9 Å². The van der Waals surface area contributed by atoms with E-state index in [1.807, 2.05) is 19.1 Å². The highest BCUT2D eigenvalue weighted by atomic mass is 16.6. The van der Waals surface area contributed by atoms with E-state index in [4.69, 9.17) is 0 Å². The van der Waals surface area contributed by atoms with Gasteiger partial charge in [0.1, 0.15) is 11.3 Å². The second-order valence-electron chi connectivity index (χ2n) is 5.51. The number of H-pyrrole nitrogens is 1. The molecule has 1 N–H and O–H groups in total. The molecule has 0 saturated carbocycles. The van der Waals surface area contributed by atoms with Gasteiger partial charge in [0.25, 0.3) is 5.69 Å². The molecule has 0 aliphatic rings. The largest absolute Gasteiger partial charge is 0.464 e. The molecule has 0 bridgehead atoms. The number of benzene rings is 1. The Labute approximate surface area is 143 Å². The van der Waals surface area contributed by atoms with Crippen LogP contribution in [0.4, 0.5) is 5.69 Å². The summed E-state index contributed by atoms with van der Waals surface area (Å²) in [5, 5.41) is 11.7. The molecule has 2 aromatic heterocycles. The summed E-state index contributed by atoms with van der Waals surface area (Å²) >= 11 is 0. The number of nitro benzene ring substituents is 1. The van der Waals surface area contributed by atoms with Gasteiger partial charge in [-0.25, -0.2) is 9.78 Å². The predicted octanol–water partition coefficient (Wildman–Crippen LogP) is 3.74. The van der Waals surface area contributed by atoms with Crippen molar-refractivity contribution in [3.8, 4) is 0 Å². The standard InChI is InChI=1S/C18H15N3O4/c1-11-3-6-15(21(23)24)8-13(11)5-4-12-7-14-9-16(18(22)25-2)20-17(14)19-10-12/h3-10H,1-2H3,(H,19,20)/b5-4+. The van der Waals surface area contributed by atoms with Crippen LogP contribution < -0.4 is 0 Å². The number of fused-ring (bicyclic) bond motifs is 1. The lowest BCUT2D eigenvalue weighted by molar-refractivity contribution is -0.384. The van der Waals surface area contributed by atoms with E-state index in [0.29, 0.717) is 11.3 Å². The number of non-ortho nitro benzene ring substituents is 1. The molecule has 7 heteroatoms. The normalized spacial score (nSPS) is 11.1. The summed E-state index contributed by atoms with van der Waals surface area (Å²) in [7, 11) is 1.32. The summed E-state index contributed by atoms with van der Waals surface area (Å²) in [4.78, 5) is 29.2.